The standard InChI is InChI=1S/C25H38O2Si/c1-6-7-16-28(4,5)27-24-13-12-23-22-10-8-18-17-19(26-3)9-11-20(18)21(22)14-15-25(23,24)2/h9,11,13,17,21-23H,6-8,10,12,14-16H2,1-5H3/t21-,22-,23+,25+/m1/s1. The summed E-state index contributed by atoms with van der Waals surface area (Å²) in [6.45, 7) is 9.63. The Morgan fingerprint density at radius 2 is 2.04 bits per heavy atom. The van der Waals surface area contributed by atoms with Crippen LogP contribution in [0.15, 0.2) is 30.0 Å². The molecule has 0 aromatic heterocycles. The number of methoxy groups -OCH3 is 1. The average molecular weight is 399 g/mol. The molecule has 154 valence electrons. The molecule has 3 aliphatic carbocycles. The normalized spacial score (nSPS) is 31.5. The van der Waals surface area contributed by atoms with Crippen molar-refractivity contribution in [2.24, 2.45) is 17.3 Å². The van der Waals surface area contributed by atoms with Crippen LogP contribution in [-0.2, 0) is 10.8 Å². The lowest BCUT2D eigenvalue weighted by molar-refractivity contribution is 0.0503. The Morgan fingerprint density at radius 3 is 2.79 bits per heavy atom. The predicted molar refractivity (Wildman–Crippen MR) is 119 cm³/mol. The molecule has 0 heterocycles. The molecule has 0 spiro atoms. The molecular formula is C25H38O2Si. The summed E-state index contributed by atoms with van der Waals surface area (Å²) in [5.41, 5.74) is 3.40. The van der Waals surface area contributed by atoms with Crippen LogP contribution in [0.2, 0.25) is 19.1 Å². The van der Waals surface area contributed by atoms with E-state index in [1.165, 1.54) is 62.3 Å². The molecule has 2 nitrogen and oxygen atoms in total. The van der Waals surface area contributed by atoms with Crippen molar-refractivity contribution in [3.63, 3.8) is 0 Å². The van der Waals surface area contributed by atoms with Gasteiger partial charge in [-0.1, -0.05) is 32.8 Å². The van der Waals surface area contributed by atoms with E-state index in [-0.39, 0.29) is 5.41 Å². The van der Waals surface area contributed by atoms with Gasteiger partial charge in [0, 0.05) is 5.41 Å². The molecule has 1 fully saturated rings. The van der Waals surface area contributed by atoms with Gasteiger partial charge < -0.3 is 9.16 Å². The maximum atomic E-state index is 6.84. The SMILES string of the molecule is CCCC[Si](C)(C)OC1=CC[C@H]2[C@@H]3CCc4cc(OC)ccc4[C@H]3CC[C@]12C. The van der Waals surface area contributed by atoms with E-state index in [2.05, 4.69) is 51.2 Å². The van der Waals surface area contributed by atoms with Crippen molar-refractivity contribution >= 4 is 8.32 Å². The molecule has 4 rings (SSSR count). The Labute approximate surface area is 172 Å². The predicted octanol–water partition coefficient (Wildman–Crippen LogP) is 7.07. The van der Waals surface area contributed by atoms with Crippen LogP contribution in [0.4, 0.5) is 0 Å². The molecule has 0 aliphatic heterocycles. The number of benzene rings is 1. The highest BCUT2D eigenvalue weighted by Crippen LogP contribution is 2.61. The Bertz CT molecular complexity index is 753. The fraction of sp³-hybridized carbons (Fsp3) is 0.680. The van der Waals surface area contributed by atoms with Gasteiger partial charge in [0.05, 0.1) is 12.9 Å². The maximum Gasteiger partial charge on any atom is 0.244 e. The van der Waals surface area contributed by atoms with Crippen LogP contribution in [-0.4, -0.2) is 15.4 Å². The van der Waals surface area contributed by atoms with Crippen LogP contribution in [0.1, 0.15) is 69.4 Å². The van der Waals surface area contributed by atoms with Gasteiger partial charge in [-0.25, -0.2) is 0 Å². The zero-order chi connectivity index (χ0) is 19.9. The molecular weight excluding hydrogens is 360 g/mol. The minimum atomic E-state index is -1.61. The second-order valence-corrected chi connectivity index (χ2v) is 14.4. The van der Waals surface area contributed by atoms with Crippen molar-refractivity contribution in [1.29, 1.82) is 0 Å². The summed E-state index contributed by atoms with van der Waals surface area (Å²) in [6.07, 6.45) is 11.4. The smallest absolute Gasteiger partial charge is 0.244 e. The van der Waals surface area contributed by atoms with Gasteiger partial charge in [0.1, 0.15) is 5.75 Å². The second-order valence-electron chi connectivity index (χ2n) is 10.2. The van der Waals surface area contributed by atoms with Crippen molar-refractivity contribution in [3.05, 3.63) is 41.2 Å². The molecule has 1 aromatic carbocycles. The zero-order valence-electron chi connectivity index (χ0n) is 18.5. The summed E-state index contributed by atoms with van der Waals surface area (Å²) >= 11 is 0. The molecule has 28 heavy (non-hydrogen) atoms. The summed E-state index contributed by atoms with van der Waals surface area (Å²) < 4.78 is 12.3. The minimum Gasteiger partial charge on any atom is -0.547 e. The molecule has 4 atom stereocenters. The molecule has 3 aliphatic rings. The number of unbranched alkanes of at least 4 members (excludes halogenated alkanes) is 1. The van der Waals surface area contributed by atoms with Crippen molar-refractivity contribution in [2.75, 3.05) is 7.11 Å². The average Bonchev–Trinajstić information content (AvgIpc) is 3.01. The van der Waals surface area contributed by atoms with Gasteiger partial charge in [-0.05, 0) is 98.3 Å². The van der Waals surface area contributed by atoms with Gasteiger partial charge in [0.2, 0.25) is 8.32 Å². The highest BCUT2D eigenvalue weighted by molar-refractivity contribution is 6.71. The number of hydrogen-bond acceptors (Lipinski definition) is 2. The van der Waals surface area contributed by atoms with Crippen molar-refractivity contribution in [2.45, 2.75) is 83.8 Å². The van der Waals surface area contributed by atoms with E-state index in [0.717, 1.165) is 23.5 Å². The molecule has 0 radical (unpaired) electrons. The monoisotopic (exact) mass is 398 g/mol. The second kappa shape index (κ2) is 7.55. The summed E-state index contributed by atoms with van der Waals surface area (Å²) in [5.74, 6) is 4.66. The van der Waals surface area contributed by atoms with Crippen molar-refractivity contribution in [1.82, 2.24) is 0 Å². The molecule has 0 N–H and O–H groups in total. The fourth-order valence-corrected chi connectivity index (χ4v) is 8.54. The van der Waals surface area contributed by atoms with Crippen LogP contribution in [0.3, 0.4) is 0 Å². The van der Waals surface area contributed by atoms with E-state index in [1.807, 2.05) is 0 Å². The number of aryl methyl sites for hydroxylation is 1. The third-order valence-electron chi connectivity index (χ3n) is 7.96. The number of allylic oxidation sites excluding steroid dienone is 2. The fourth-order valence-electron chi connectivity index (χ4n) is 6.32. The topological polar surface area (TPSA) is 18.5 Å². The number of rotatable bonds is 6. The minimum absolute atomic E-state index is 0.266. The van der Waals surface area contributed by atoms with E-state index < -0.39 is 8.32 Å². The van der Waals surface area contributed by atoms with E-state index >= 15 is 0 Å². The van der Waals surface area contributed by atoms with Crippen LogP contribution < -0.4 is 4.74 Å². The van der Waals surface area contributed by atoms with Gasteiger partial charge in [-0.2, -0.15) is 0 Å². The Kier molecular flexibility index (Phi) is 5.41. The lowest BCUT2D eigenvalue weighted by atomic mass is 9.55. The number of fused-ring (bicyclic) bond motifs is 5. The van der Waals surface area contributed by atoms with E-state index in [0.29, 0.717) is 0 Å². The molecule has 0 amide bonds. The number of hydrogen-bond donors (Lipinski definition) is 0. The van der Waals surface area contributed by atoms with Crippen LogP contribution in [0.25, 0.3) is 0 Å². The zero-order valence-corrected chi connectivity index (χ0v) is 19.5. The van der Waals surface area contributed by atoms with E-state index in [4.69, 9.17) is 9.16 Å². The summed E-state index contributed by atoms with van der Waals surface area (Å²) in [7, 11) is 0.168. The lowest BCUT2D eigenvalue weighted by Crippen LogP contribution is -2.43. The van der Waals surface area contributed by atoms with E-state index in [1.54, 1.807) is 12.7 Å². The first-order valence-electron chi connectivity index (χ1n) is 11.4. The Hall–Kier alpha value is -1.22. The Balaban J connectivity index is 1.53. The first-order valence-corrected chi connectivity index (χ1v) is 14.6. The van der Waals surface area contributed by atoms with Crippen molar-refractivity contribution in [3.8, 4) is 5.75 Å². The lowest BCUT2D eigenvalue weighted by Gasteiger charge is -2.50. The summed E-state index contributed by atoms with van der Waals surface area (Å²) in [6, 6.07) is 8.08. The molecule has 3 heteroatoms. The molecule has 1 aromatic rings. The Morgan fingerprint density at radius 1 is 1.21 bits per heavy atom. The van der Waals surface area contributed by atoms with Gasteiger partial charge >= 0.3 is 0 Å². The highest BCUT2D eigenvalue weighted by Gasteiger charge is 2.53. The van der Waals surface area contributed by atoms with Gasteiger partial charge in [-0.15, -0.1) is 0 Å². The first kappa shape index (κ1) is 20.1. The molecule has 0 saturated heterocycles. The quantitative estimate of drug-likeness (QED) is 0.477. The number of ether oxygens (including phenoxy) is 1. The van der Waals surface area contributed by atoms with Gasteiger partial charge in [-0.3, -0.25) is 0 Å². The molecule has 1 saturated carbocycles. The largest absolute Gasteiger partial charge is 0.547 e. The molecule has 0 unspecified atom stereocenters. The van der Waals surface area contributed by atoms with Crippen LogP contribution >= 0.6 is 0 Å². The van der Waals surface area contributed by atoms with Crippen molar-refractivity contribution < 1.29 is 9.16 Å². The first-order chi connectivity index (χ1) is 13.4. The van der Waals surface area contributed by atoms with Crippen LogP contribution in [0.5, 0.6) is 5.75 Å². The molecule has 0 bridgehead atoms. The summed E-state index contributed by atoms with van der Waals surface area (Å²) in [4.78, 5) is 0. The maximum absolute atomic E-state index is 6.84. The highest BCUT2D eigenvalue weighted by atomic mass is 28.4. The van der Waals surface area contributed by atoms with Crippen LogP contribution in [0, 0.1) is 17.3 Å². The third-order valence-corrected chi connectivity index (χ3v) is 10.3. The van der Waals surface area contributed by atoms with Gasteiger partial charge in [0.15, 0.2) is 0 Å². The third kappa shape index (κ3) is 3.44. The van der Waals surface area contributed by atoms with E-state index in [9.17, 15) is 0 Å². The van der Waals surface area contributed by atoms with Gasteiger partial charge in [0.25, 0.3) is 0 Å². The summed E-state index contributed by atoms with van der Waals surface area (Å²) in [5, 5.41) is 0.